The van der Waals surface area contributed by atoms with E-state index >= 15 is 0 Å². The summed E-state index contributed by atoms with van der Waals surface area (Å²) in [5, 5.41) is 7.03. The van der Waals surface area contributed by atoms with Gasteiger partial charge in [-0.1, -0.05) is 55.3 Å². The maximum Gasteiger partial charge on any atom is 0.167 e. The number of aryl methyl sites for hydroxylation is 6. The largest absolute Gasteiger partial charge is 0.471 e. The molecule has 1 unspecified atom stereocenters. The summed E-state index contributed by atoms with van der Waals surface area (Å²) in [7, 11) is 0. The summed E-state index contributed by atoms with van der Waals surface area (Å²) in [5.41, 5.74) is 10.6. The molecule has 4 heteroatoms. The number of hydrogen-bond acceptors (Lipinski definition) is 4. The second-order valence-corrected chi connectivity index (χ2v) is 9.24. The van der Waals surface area contributed by atoms with Gasteiger partial charge in [-0.3, -0.25) is 0 Å². The van der Waals surface area contributed by atoms with Gasteiger partial charge in [-0.15, -0.1) is 0 Å². The highest BCUT2D eigenvalue weighted by atomic mass is 16.5. The molecule has 0 aliphatic rings. The Balaban J connectivity index is 0.00000210. The quantitative estimate of drug-likeness (QED) is 0.320. The van der Waals surface area contributed by atoms with Gasteiger partial charge in [0.05, 0.1) is 0 Å². The van der Waals surface area contributed by atoms with Gasteiger partial charge in [-0.2, -0.15) is 0 Å². The van der Waals surface area contributed by atoms with Gasteiger partial charge in [0.25, 0.3) is 0 Å². The van der Waals surface area contributed by atoms with E-state index in [9.17, 15) is 0 Å². The van der Waals surface area contributed by atoms with Crippen molar-refractivity contribution >= 4 is 11.4 Å². The minimum atomic E-state index is -0.188. The maximum atomic E-state index is 6.27. The van der Waals surface area contributed by atoms with E-state index in [2.05, 4.69) is 76.4 Å². The second-order valence-electron chi connectivity index (χ2n) is 9.24. The standard InChI is InChI=1S/C29H38N2O2.C2H6/c1-17-13-19(3)28(20(4)14-17)30-24(8)32-26-11-10-12-27(23(26)7)33-25(9)31-29-21(5)15-18(2)16-22(29)6;1-2/h10-16,24-25,30-31H,1-9H3;1-2H3/t24-,25?;/m1./s1. The molecule has 0 saturated carbocycles. The fourth-order valence-electron chi connectivity index (χ4n) is 4.51. The van der Waals surface area contributed by atoms with Gasteiger partial charge in [0.1, 0.15) is 11.5 Å². The van der Waals surface area contributed by atoms with Crippen molar-refractivity contribution in [1.29, 1.82) is 0 Å². The smallest absolute Gasteiger partial charge is 0.167 e. The van der Waals surface area contributed by atoms with Crippen LogP contribution in [0.3, 0.4) is 0 Å². The summed E-state index contributed by atoms with van der Waals surface area (Å²) in [4.78, 5) is 0. The topological polar surface area (TPSA) is 42.5 Å². The zero-order chi connectivity index (χ0) is 26.3. The molecule has 0 fully saturated rings. The Bertz CT molecular complexity index is 1010. The first kappa shape index (κ1) is 28.1. The van der Waals surface area contributed by atoms with Crippen LogP contribution in [0.5, 0.6) is 11.5 Å². The molecule has 4 nitrogen and oxygen atoms in total. The van der Waals surface area contributed by atoms with E-state index in [0.29, 0.717) is 0 Å². The third-order valence-electron chi connectivity index (χ3n) is 5.89. The second kappa shape index (κ2) is 12.5. The molecule has 2 atom stereocenters. The molecule has 0 saturated heterocycles. The minimum Gasteiger partial charge on any atom is -0.471 e. The van der Waals surface area contributed by atoms with Crippen molar-refractivity contribution in [3.63, 3.8) is 0 Å². The Morgan fingerprint density at radius 3 is 1.20 bits per heavy atom. The molecule has 35 heavy (non-hydrogen) atoms. The number of ether oxygens (including phenoxy) is 2. The third-order valence-corrected chi connectivity index (χ3v) is 5.89. The van der Waals surface area contributed by atoms with Crippen LogP contribution in [0.15, 0.2) is 42.5 Å². The van der Waals surface area contributed by atoms with Crippen LogP contribution in [0, 0.1) is 48.5 Å². The Hall–Kier alpha value is -3.14. The van der Waals surface area contributed by atoms with Crippen LogP contribution in [0.25, 0.3) is 0 Å². The van der Waals surface area contributed by atoms with E-state index in [1.165, 1.54) is 33.4 Å². The van der Waals surface area contributed by atoms with Crippen molar-refractivity contribution in [2.24, 2.45) is 0 Å². The highest BCUT2D eigenvalue weighted by Gasteiger charge is 2.15. The van der Waals surface area contributed by atoms with Crippen molar-refractivity contribution < 1.29 is 9.47 Å². The number of anilines is 2. The lowest BCUT2D eigenvalue weighted by molar-refractivity contribution is 0.233. The lowest BCUT2D eigenvalue weighted by atomic mass is 10.1. The van der Waals surface area contributed by atoms with Crippen LogP contribution in [0.2, 0.25) is 0 Å². The highest BCUT2D eigenvalue weighted by molar-refractivity contribution is 5.59. The molecule has 0 aliphatic heterocycles. The molecule has 2 N–H and O–H groups in total. The summed E-state index contributed by atoms with van der Waals surface area (Å²) in [6.45, 7) is 22.8. The minimum absolute atomic E-state index is 0.188. The van der Waals surface area contributed by atoms with Gasteiger partial charge in [0.2, 0.25) is 0 Å². The summed E-state index contributed by atoms with van der Waals surface area (Å²) in [6.07, 6.45) is -0.375. The van der Waals surface area contributed by atoms with E-state index in [0.717, 1.165) is 28.4 Å². The van der Waals surface area contributed by atoms with Crippen molar-refractivity contribution in [3.8, 4) is 11.5 Å². The zero-order valence-electron chi connectivity index (χ0n) is 23.5. The molecule has 0 spiro atoms. The summed E-state index contributed by atoms with van der Waals surface area (Å²) >= 11 is 0. The summed E-state index contributed by atoms with van der Waals surface area (Å²) in [6, 6.07) is 14.7. The molecule has 3 aromatic carbocycles. The van der Waals surface area contributed by atoms with Crippen LogP contribution >= 0.6 is 0 Å². The van der Waals surface area contributed by atoms with Gasteiger partial charge < -0.3 is 20.1 Å². The van der Waals surface area contributed by atoms with Crippen molar-refractivity contribution in [2.45, 2.75) is 88.6 Å². The predicted octanol–water partition coefficient (Wildman–Crippen LogP) is 8.55. The predicted molar refractivity (Wildman–Crippen MR) is 151 cm³/mol. The Kier molecular flexibility index (Phi) is 10.1. The summed E-state index contributed by atoms with van der Waals surface area (Å²) in [5.74, 6) is 1.62. The Labute approximate surface area is 213 Å². The number of nitrogens with one attached hydrogen (secondary N) is 2. The van der Waals surface area contributed by atoms with Crippen molar-refractivity contribution in [1.82, 2.24) is 0 Å². The molecule has 3 rings (SSSR count). The van der Waals surface area contributed by atoms with Crippen LogP contribution in [0.1, 0.15) is 66.6 Å². The van der Waals surface area contributed by atoms with Crippen LogP contribution in [-0.4, -0.2) is 12.5 Å². The van der Waals surface area contributed by atoms with Gasteiger partial charge in [0.15, 0.2) is 12.5 Å². The molecule has 0 amide bonds. The Morgan fingerprint density at radius 1 is 0.571 bits per heavy atom. The van der Waals surface area contributed by atoms with Gasteiger partial charge in [-0.05, 0) is 96.7 Å². The Morgan fingerprint density at radius 2 is 0.886 bits per heavy atom. The first-order valence-corrected chi connectivity index (χ1v) is 12.7. The van der Waals surface area contributed by atoms with Gasteiger partial charge in [-0.25, -0.2) is 0 Å². The monoisotopic (exact) mass is 476 g/mol. The van der Waals surface area contributed by atoms with Crippen LogP contribution < -0.4 is 20.1 Å². The molecule has 3 aromatic rings. The first-order chi connectivity index (χ1) is 16.5. The summed E-state index contributed by atoms with van der Waals surface area (Å²) < 4.78 is 12.5. The average Bonchev–Trinajstić information content (AvgIpc) is 2.77. The van der Waals surface area contributed by atoms with E-state index in [1.807, 2.05) is 52.8 Å². The molecule has 0 bridgehead atoms. The van der Waals surface area contributed by atoms with E-state index in [-0.39, 0.29) is 12.5 Å². The number of hydrogen-bond donors (Lipinski definition) is 2. The normalized spacial score (nSPS) is 12.2. The molecule has 0 heterocycles. The molecular formula is C31H44N2O2. The highest BCUT2D eigenvalue weighted by Crippen LogP contribution is 2.31. The number of rotatable bonds is 8. The fourth-order valence-corrected chi connectivity index (χ4v) is 4.51. The van der Waals surface area contributed by atoms with Gasteiger partial charge in [0, 0.05) is 16.9 Å². The first-order valence-electron chi connectivity index (χ1n) is 12.7. The molecular weight excluding hydrogens is 432 g/mol. The average molecular weight is 477 g/mol. The lowest BCUT2D eigenvalue weighted by Crippen LogP contribution is -2.25. The van der Waals surface area contributed by atoms with E-state index < -0.39 is 0 Å². The lowest BCUT2D eigenvalue weighted by Gasteiger charge is -2.24. The number of benzene rings is 3. The van der Waals surface area contributed by atoms with Gasteiger partial charge >= 0.3 is 0 Å². The van der Waals surface area contributed by atoms with Crippen LogP contribution in [-0.2, 0) is 0 Å². The van der Waals surface area contributed by atoms with Crippen molar-refractivity contribution in [2.75, 3.05) is 10.6 Å². The fraction of sp³-hybridized carbons (Fsp3) is 0.419. The third kappa shape index (κ3) is 7.42. The van der Waals surface area contributed by atoms with E-state index in [1.54, 1.807) is 0 Å². The van der Waals surface area contributed by atoms with Crippen molar-refractivity contribution in [3.05, 3.63) is 81.4 Å². The van der Waals surface area contributed by atoms with E-state index in [4.69, 9.17) is 9.47 Å². The maximum absolute atomic E-state index is 6.27. The zero-order valence-corrected chi connectivity index (χ0v) is 23.5. The molecule has 0 radical (unpaired) electrons. The molecule has 0 aliphatic carbocycles. The SMILES string of the molecule is CC.Cc1cc(C)c(NC(C)Oc2cccc(O[C@H](C)Nc3c(C)cc(C)cc3C)c2C)c(C)c1. The van der Waals surface area contributed by atoms with Crippen LogP contribution in [0.4, 0.5) is 11.4 Å². The molecule has 190 valence electrons. The molecule has 0 aromatic heterocycles.